The van der Waals surface area contributed by atoms with Gasteiger partial charge in [0.15, 0.2) is 0 Å². The number of carbonyl (C=O) groups excluding carboxylic acids is 1. The lowest BCUT2D eigenvalue weighted by Crippen LogP contribution is -2.41. The average Bonchev–Trinajstić information content (AvgIpc) is 2.89. The predicted octanol–water partition coefficient (Wildman–Crippen LogP) is 3.42. The standard InChI is InChI=1S/C16H22N4O2/c1-16(2,3)22-15(21)20-7-5-4-6-13(20)11-8-18-12-9-17-10-19-14(11)12/h8-10,13,18H,4-7H2,1-3H3. The molecule has 1 atom stereocenters. The molecule has 1 aliphatic heterocycles. The molecule has 2 aromatic heterocycles. The van der Waals surface area contributed by atoms with Crippen LogP contribution in [0, 0.1) is 0 Å². The third-order valence-corrected chi connectivity index (χ3v) is 3.86. The van der Waals surface area contributed by atoms with E-state index in [0.717, 1.165) is 42.4 Å². The van der Waals surface area contributed by atoms with Gasteiger partial charge >= 0.3 is 6.09 Å². The van der Waals surface area contributed by atoms with Gasteiger partial charge in [0.1, 0.15) is 11.9 Å². The number of hydrogen-bond acceptors (Lipinski definition) is 4. The molecule has 118 valence electrons. The van der Waals surface area contributed by atoms with Crippen molar-refractivity contribution in [2.45, 2.75) is 51.7 Å². The molecule has 0 aromatic carbocycles. The van der Waals surface area contributed by atoms with Crippen LogP contribution in [0.25, 0.3) is 11.0 Å². The Morgan fingerprint density at radius 3 is 3.00 bits per heavy atom. The van der Waals surface area contributed by atoms with Crippen molar-refractivity contribution in [1.29, 1.82) is 0 Å². The third-order valence-electron chi connectivity index (χ3n) is 3.86. The summed E-state index contributed by atoms with van der Waals surface area (Å²) in [5.41, 5.74) is 2.34. The Labute approximate surface area is 129 Å². The molecule has 6 nitrogen and oxygen atoms in total. The maximum atomic E-state index is 12.5. The zero-order valence-corrected chi connectivity index (χ0v) is 13.3. The van der Waals surface area contributed by atoms with Crippen molar-refractivity contribution in [3.63, 3.8) is 0 Å². The molecular formula is C16H22N4O2. The summed E-state index contributed by atoms with van der Waals surface area (Å²) in [5, 5.41) is 0. The first-order valence-corrected chi connectivity index (χ1v) is 7.72. The van der Waals surface area contributed by atoms with Crippen molar-refractivity contribution < 1.29 is 9.53 Å². The van der Waals surface area contributed by atoms with Crippen molar-refractivity contribution in [3.8, 4) is 0 Å². The molecule has 3 rings (SSSR count). The number of likely N-dealkylation sites (tertiary alicyclic amines) is 1. The number of aromatic nitrogens is 3. The molecule has 0 spiro atoms. The van der Waals surface area contributed by atoms with Crippen LogP contribution in [0.4, 0.5) is 4.79 Å². The molecule has 1 saturated heterocycles. The molecule has 1 unspecified atom stereocenters. The summed E-state index contributed by atoms with van der Waals surface area (Å²) < 4.78 is 5.56. The second kappa shape index (κ2) is 5.59. The van der Waals surface area contributed by atoms with Crippen molar-refractivity contribution in [3.05, 3.63) is 24.3 Å². The maximum absolute atomic E-state index is 12.5. The number of piperidine rings is 1. The van der Waals surface area contributed by atoms with Crippen LogP contribution in [0.2, 0.25) is 0 Å². The number of rotatable bonds is 1. The van der Waals surface area contributed by atoms with Gasteiger partial charge in [0.25, 0.3) is 0 Å². The van der Waals surface area contributed by atoms with Crippen LogP contribution in [0.15, 0.2) is 18.7 Å². The molecule has 1 N–H and O–H groups in total. The Balaban J connectivity index is 1.91. The minimum atomic E-state index is -0.485. The van der Waals surface area contributed by atoms with E-state index in [2.05, 4.69) is 15.0 Å². The Bertz CT molecular complexity index is 674. The average molecular weight is 302 g/mol. The summed E-state index contributed by atoms with van der Waals surface area (Å²) in [4.78, 5) is 25.9. The first-order chi connectivity index (χ1) is 10.5. The minimum Gasteiger partial charge on any atom is -0.444 e. The summed E-state index contributed by atoms with van der Waals surface area (Å²) >= 11 is 0. The second-order valence-electron chi connectivity index (χ2n) is 6.71. The van der Waals surface area contributed by atoms with Gasteiger partial charge in [0, 0.05) is 18.3 Å². The van der Waals surface area contributed by atoms with Gasteiger partial charge in [-0.1, -0.05) is 0 Å². The van der Waals surface area contributed by atoms with Gasteiger partial charge in [-0.05, 0) is 40.0 Å². The molecule has 22 heavy (non-hydrogen) atoms. The maximum Gasteiger partial charge on any atom is 0.410 e. The van der Waals surface area contributed by atoms with E-state index in [1.54, 1.807) is 12.5 Å². The number of ether oxygens (including phenoxy) is 1. The SMILES string of the molecule is CC(C)(C)OC(=O)N1CCCCC1c1c[nH]c2cncnc12. The van der Waals surface area contributed by atoms with E-state index < -0.39 is 5.60 Å². The van der Waals surface area contributed by atoms with Crippen LogP contribution in [-0.2, 0) is 4.74 Å². The molecule has 2 aromatic rings. The van der Waals surface area contributed by atoms with E-state index in [-0.39, 0.29) is 12.1 Å². The van der Waals surface area contributed by atoms with Crippen molar-refractivity contribution >= 4 is 17.1 Å². The summed E-state index contributed by atoms with van der Waals surface area (Å²) in [7, 11) is 0. The normalized spacial score (nSPS) is 19.4. The molecule has 3 heterocycles. The van der Waals surface area contributed by atoms with E-state index in [1.165, 1.54) is 0 Å². The van der Waals surface area contributed by atoms with E-state index in [4.69, 9.17) is 4.74 Å². The minimum absolute atomic E-state index is 0.00671. The van der Waals surface area contributed by atoms with E-state index in [0.29, 0.717) is 0 Å². The lowest BCUT2D eigenvalue weighted by molar-refractivity contribution is 0.00968. The second-order valence-corrected chi connectivity index (χ2v) is 6.71. The number of nitrogens with one attached hydrogen (secondary N) is 1. The summed E-state index contributed by atoms with van der Waals surface area (Å²) in [6, 6.07) is 0.00671. The highest BCUT2D eigenvalue weighted by atomic mass is 16.6. The number of H-pyrrole nitrogens is 1. The topological polar surface area (TPSA) is 71.1 Å². The Hall–Kier alpha value is -2.11. The number of carbonyl (C=O) groups is 1. The Kier molecular flexibility index (Phi) is 3.76. The van der Waals surface area contributed by atoms with Gasteiger partial charge in [0.2, 0.25) is 0 Å². The zero-order valence-electron chi connectivity index (χ0n) is 13.3. The summed E-state index contributed by atoms with van der Waals surface area (Å²) in [5.74, 6) is 0. The van der Waals surface area contributed by atoms with Crippen molar-refractivity contribution in [2.75, 3.05) is 6.54 Å². The quantitative estimate of drug-likeness (QED) is 0.876. The number of hydrogen-bond donors (Lipinski definition) is 1. The number of amides is 1. The zero-order chi connectivity index (χ0) is 15.7. The lowest BCUT2D eigenvalue weighted by Gasteiger charge is -2.36. The predicted molar refractivity (Wildman–Crippen MR) is 83.4 cm³/mol. The van der Waals surface area contributed by atoms with Crippen LogP contribution in [0.5, 0.6) is 0 Å². The van der Waals surface area contributed by atoms with E-state index in [1.807, 2.05) is 31.9 Å². The highest BCUT2D eigenvalue weighted by Crippen LogP contribution is 2.35. The highest BCUT2D eigenvalue weighted by Gasteiger charge is 2.32. The van der Waals surface area contributed by atoms with Crippen LogP contribution < -0.4 is 0 Å². The van der Waals surface area contributed by atoms with Gasteiger partial charge in [-0.15, -0.1) is 0 Å². The van der Waals surface area contributed by atoms with Crippen molar-refractivity contribution in [2.24, 2.45) is 0 Å². The van der Waals surface area contributed by atoms with Gasteiger partial charge in [-0.2, -0.15) is 0 Å². The van der Waals surface area contributed by atoms with Crippen LogP contribution in [-0.4, -0.2) is 38.1 Å². The van der Waals surface area contributed by atoms with Gasteiger partial charge < -0.3 is 14.6 Å². The lowest BCUT2D eigenvalue weighted by atomic mass is 9.97. The molecular weight excluding hydrogens is 280 g/mol. The smallest absolute Gasteiger partial charge is 0.410 e. The molecule has 6 heteroatoms. The first kappa shape index (κ1) is 14.8. The van der Waals surface area contributed by atoms with E-state index in [9.17, 15) is 4.79 Å². The number of aromatic amines is 1. The first-order valence-electron chi connectivity index (χ1n) is 7.72. The molecule has 0 aliphatic carbocycles. The van der Waals surface area contributed by atoms with Crippen LogP contribution >= 0.6 is 0 Å². The van der Waals surface area contributed by atoms with Crippen LogP contribution in [0.3, 0.4) is 0 Å². The summed E-state index contributed by atoms with van der Waals surface area (Å²) in [6.45, 7) is 6.39. The number of nitrogens with zero attached hydrogens (tertiary/aromatic N) is 3. The van der Waals surface area contributed by atoms with Gasteiger partial charge in [-0.3, -0.25) is 0 Å². The Morgan fingerprint density at radius 2 is 2.23 bits per heavy atom. The third kappa shape index (κ3) is 2.91. The van der Waals surface area contributed by atoms with Crippen LogP contribution in [0.1, 0.15) is 51.6 Å². The summed E-state index contributed by atoms with van der Waals surface area (Å²) in [6.07, 6.45) is 8.02. The fourth-order valence-corrected chi connectivity index (χ4v) is 2.94. The highest BCUT2D eigenvalue weighted by molar-refractivity contribution is 5.79. The molecule has 1 amide bonds. The molecule has 0 saturated carbocycles. The number of fused-ring (bicyclic) bond motifs is 1. The molecule has 0 radical (unpaired) electrons. The Morgan fingerprint density at radius 1 is 1.41 bits per heavy atom. The fourth-order valence-electron chi connectivity index (χ4n) is 2.94. The molecule has 0 bridgehead atoms. The van der Waals surface area contributed by atoms with Crippen molar-refractivity contribution in [1.82, 2.24) is 19.9 Å². The molecule has 1 aliphatic rings. The van der Waals surface area contributed by atoms with Gasteiger partial charge in [0.05, 0.1) is 23.3 Å². The monoisotopic (exact) mass is 302 g/mol. The largest absolute Gasteiger partial charge is 0.444 e. The van der Waals surface area contributed by atoms with E-state index >= 15 is 0 Å². The fraction of sp³-hybridized carbons (Fsp3) is 0.562. The van der Waals surface area contributed by atoms with Gasteiger partial charge in [-0.25, -0.2) is 14.8 Å². The molecule has 1 fully saturated rings.